The minimum absolute atomic E-state index is 0.143. The molecule has 4 rings (SSSR count). The van der Waals surface area contributed by atoms with Crippen LogP contribution in [0.4, 0.5) is 0 Å². The first kappa shape index (κ1) is 18.7. The Bertz CT molecular complexity index is 809. The van der Waals surface area contributed by atoms with Crippen molar-refractivity contribution in [2.75, 3.05) is 26.2 Å². The monoisotopic (exact) mass is 389 g/mol. The average Bonchev–Trinajstić information content (AvgIpc) is 3.25. The largest absolute Gasteiger partial charge is 0.396 e. The smallest absolute Gasteiger partial charge is 0.254 e. The highest BCUT2D eigenvalue weighted by atomic mass is 32.1. The quantitative estimate of drug-likeness (QED) is 0.871. The van der Waals surface area contributed by atoms with Gasteiger partial charge in [0.15, 0.2) is 0 Å². The summed E-state index contributed by atoms with van der Waals surface area (Å²) in [6.07, 6.45) is 2.90. The molecule has 0 aromatic carbocycles. The number of aliphatic hydroxyl groups excluding tert-OH is 1. The van der Waals surface area contributed by atoms with E-state index in [0.717, 1.165) is 62.5 Å². The number of aromatic nitrogens is 1. The van der Waals surface area contributed by atoms with Gasteiger partial charge in [0.25, 0.3) is 5.91 Å². The molecule has 1 unspecified atom stereocenters. The maximum atomic E-state index is 13.0. The Morgan fingerprint density at radius 2 is 2.26 bits per heavy atom. The molecule has 1 fully saturated rings. The van der Waals surface area contributed by atoms with E-state index in [1.165, 1.54) is 16.0 Å². The van der Waals surface area contributed by atoms with E-state index in [1.807, 2.05) is 24.1 Å². The number of hydrogen-bond donors (Lipinski definition) is 1. The first-order valence-corrected chi connectivity index (χ1v) is 10.6. The fourth-order valence-electron chi connectivity index (χ4n) is 4.22. The molecule has 2 aliphatic rings. The van der Waals surface area contributed by atoms with Crippen molar-refractivity contribution < 1.29 is 14.4 Å². The van der Waals surface area contributed by atoms with Gasteiger partial charge in [-0.2, -0.15) is 0 Å². The summed E-state index contributed by atoms with van der Waals surface area (Å²) in [6.45, 7) is 8.25. The van der Waals surface area contributed by atoms with Crippen molar-refractivity contribution >= 4 is 17.2 Å². The Kier molecular flexibility index (Phi) is 5.34. The van der Waals surface area contributed by atoms with Crippen LogP contribution in [0.1, 0.15) is 50.7 Å². The van der Waals surface area contributed by atoms with Crippen LogP contribution in [0.2, 0.25) is 0 Å². The second-order valence-electron chi connectivity index (χ2n) is 7.76. The highest BCUT2D eigenvalue weighted by Crippen LogP contribution is 2.31. The third kappa shape index (κ3) is 3.68. The van der Waals surface area contributed by atoms with E-state index in [9.17, 15) is 9.90 Å². The summed E-state index contributed by atoms with van der Waals surface area (Å²) >= 11 is 1.70. The van der Waals surface area contributed by atoms with E-state index in [4.69, 9.17) is 4.52 Å². The number of hydrogen-bond acceptors (Lipinski definition) is 6. The molecular formula is C20H27N3O3S. The van der Waals surface area contributed by atoms with Crippen molar-refractivity contribution in [1.29, 1.82) is 0 Å². The van der Waals surface area contributed by atoms with Crippen molar-refractivity contribution in [2.24, 2.45) is 5.92 Å². The molecule has 146 valence electrons. The Labute approximate surface area is 163 Å². The van der Waals surface area contributed by atoms with Gasteiger partial charge in [-0.3, -0.25) is 9.69 Å². The predicted octanol–water partition coefficient (Wildman–Crippen LogP) is 2.76. The standard InChI is InChI=1S/C20H27N3O3S/c1-13-17(14(2)26-21-13)9-22-7-5-16-18(12-27-19(16)10-22)20(25)23-6-3-4-15(8-23)11-24/h12,15,24H,3-11H2,1-2H3. The Morgan fingerprint density at radius 3 is 3.00 bits per heavy atom. The lowest BCUT2D eigenvalue weighted by atomic mass is 9.97. The minimum atomic E-state index is 0.143. The number of aliphatic hydroxyl groups is 1. The fraction of sp³-hybridized carbons (Fsp3) is 0.600. The van der Waals surface area contributed by atoms with Gasteiger partial charge < -0.3 is 14.5 Å². The molecule has 0 spiro atoms. The molecule has 1 amide bonds. The molecule has 4 heterocycles. The molecule has 27 heavy (non-hydrogen) atoms. The highest BCUT2D eigenvalue weighted by Gasteiger charge is 2.29. The molecule has 6 nitrogen and oxygen atoms in total. The SMILES string of the molecule is Cc1noc(C)c1CN1CCc2c(C(=O)N3CCCC(CO)C3)csc2C1. The summed E-state index contributed by atoms with van der Waals surface area (Å²) in [5.41, 5.74) is 4.25. The molecule has 1 atom stereocenters. The maximum Gasteiger partial charge on any atom is 0.254 e. The number of amides is 1. The van der Waals surface area contributed by atoms with E-state index >= 15 is 0 Å². The van der Waals surface area contributed by atoms with Crippen molar-refractivity contribution in [1.82, 2.24) is 15.0 Å². The fourth-order valence-corrected chi connectivity index (χ4v) is 5.33. The summed E-state index contributed by atoms with van der Waals surface area (Å²) in [5, 5.41) is 15.5. The van der Waals surface area contributed by atoms with Crippen LogP contribution in [-0.2, 0) is 19.5 Å². The second-order valence-corrected chi connectivity index (χ2v) is 8.72. The number of piperidine rings is 1. The van der Waals surface area contributed by atoms with E-state index in [0.29, 0.717) is 6.54 Å². The minimum Gasteiger partial charge on any atom is -0.396 e. The third-order valence-electron chi connectivity index (χ3n) is 5.88. The number of nitrogens with zero attached hydrogens (tertiary/aromatic N) is 3. The summed E-state index contributed by atoms with van der Waals surface area (Å²) in [4.78, 5) is 18.7. The highest BCUT2D eigenvalue weighted by molar-refractivity contribution is 7.10. The molecule has 0 bridgehead atoms. The summed E-state index contributed by atoms with van der Waals surface area (Å²) in [7, 11) is 0. The van der Waals surface area contributed by atoms with Crippen LogP contribution in [0.5, 0.6) is 0 Å². The number of thiophene rings is 1. The van der Waals surface area contributed by atoms with Crippen LogP contribution < -0.4 is 0 Å². The van der Waals surface area contributed by atoms with Crippen molar-refractivity contribution in [3.05, 3.63) is 38.4 Å². The lowest BCUT2D eigenvalue weighted by Crippen LogP contribution is -2.41. The number of carbonyl (C=O) groups excluding carboxylic acids is 1. The molecule has 0 aliphatic carbocycles. The van der Waals surface area contributed by atoms with Gasteiger partial charge in [-0.05, 0) is 44.6 Å². The normalized spacial score (nSPS) is 20.7. The van der Waals surface area contributed by atoms with Crippen molar-refractivity contribution in [3.63, 3.8) is 0 Å². The van der Waals surface area contributed by atoms with Gasteiger partial charge in [0, 0.05) is 55.2 Å². The Morgan fingerprint density at radius 1 is 1.41 bits per heavy atom. The maximum absolute atomic E-state index is 13.0. The zero-order valence-corrected chi connectivity index (χ0v) is 16.8. The van der Waals surface area contributed by atoms with Gasteiger partial charge >= 0.3 is 0 Å². The number of likely N-dealkylation sites (tertiary alicyclic amines) is 1. The van der Waals surface area contributed by atoms with E-state index < -0.39 is 0 Å². The number of aryl methyl sites for hydroxylation is 2. The van der Waals surface area contributed by atoms with Gasteiger partial charge in [0.05, 0.1) is 11.3 Å². The van der Waals surface area contributed by atoms with Crippen LogP contribution in [0.3, 0.4) is 0 Å². The number of rotatable bonds is 4. The average molecular weight is 390 g/mol. The Hall–Kier alpha value is -1.70. The molecule has 2 aromatic rings. The zero-order valence-electron chi connectivity index (χ0n) is 16.0. The molecule has 2 aliphatic heterocycles. The molecule has 1 saturated heterocycles. The van der Waals surface area contributed by atoms with Crippen LogP contribution in [0, 0.1) is 19.8 Å². The van der Waals surface area contributed by atoms with Gasteiger partial charge in [0.1, 0.15) is 5.76 Å². The molecule has 0 radical (unpaired) electrons. The van der Waals surface area contributed by atoms with Crippen molar-refractivity contribution in [2.45, 2.75) is 46.2 Å². The topological polar surface area (TPSA) is 69.8 Å². The van der Waals surface area contributed by atoms with Gasteiger partial charge in [-0.1, -0.05) is 5.16 Å². The first-order valence-electron chi connectivity index (χ1n) is 9.70. The van der Waals surface area contributed by atoms with E-state index in [-0.39, 0.29) is 18.4 Å². The number of fused-ring (bicyclic) bond motifs is 1. The lowest BCUT2D eigenvalue weighted by Gasteiger charge is -2.32. The molecular weight excluding hydrogens is 362 g/mol. The molecule has 7 heteroatoms. The van der Waals surface area contributed by atoms with Crippen LogP contribution in [0.15, 0.2) is 9.90 Å². The summed E-state index contributed by atoms with van der Waals surface area (Å²) in [5.74, 6) is 1.26. The van der Waals surface area contributed by atoms with Crippen LogP contribution in [-0.4, -0.2) is 52.2 Å². The van der Waals surface area contributed by atoms with Crippen molar-refractivity contribution in [3.8, 4) is 0 Å². The van der Waals surface area contributed by atoms with Gasteiger partial charge in [-0.25, -0.2) is 0 Å². The molecule has 1 N–H and O–H groups in total. The first-order chi connectivity index (χ1) is 13.1. The second kappa shape index (κ2) is 7.73. The zero-order chi connectivity index (χ0) is 19.0. The van der Waals surface area contributed by atoms with E-state index in [1.54, 1.807) is 11.3 Å². The summed E-state index contributed by atoms with van der Waals surface area (Å²) < 4.78 is 5.28. The van der Waals surface area contributed by atoms with Crippen LogP contribution in [0.25, 0.3) is 0 Å². The predicted molar refractivity (Wildman–Crippen MR) is 104 cm³/mol. The molecule has 2 aromatic heterocycles. The Balaban J connectivity index is 1.46. The van der Waals surface area contributed by atoms with E-state index in [2.05, 4.69) is 10.1 Å². The number of carbonyl (C=O) groups is 1. The molecule has 0 saturated carbocycles. The van der Waals surface area contributed by atoms with Crippen LogP contribution >= 0.6 is 11.3 Å². The lowest BCUT2D eigenvalue weighted by molar-refractivity contribution is 0.0619. The third-order valence-corrected chi connectivity index (χ3v) is 6.90. The van der Waals surface area contributed by atoms with Gasteiger partial charge in [0.2, 0.25) is 0 Å². The summed E-state index contributed by atoms with van der Waals surface area (Å²) in [6, 6.07) is 0. The van der Waals surface area contributed by atoms with Gasteiger partial charge in [-0.15, -0.1) is 11.3 Å².